The number of anilines is 2. The van der Waals surface area contributed by atoms with Gasteiger partial charge in [0, 0.05) is 33.4 Å². The number of pyridine rings is 1. The molecule has 0 radical (unpaired) electrons. The van der Waals surface area contributed by atoms with E-state index in [1.54, 1.807) is 6.20 Å². The largest absolute Gasteiger partial charge is 0.452 e. The molecule has 1 amide bonds. The van der Waals surface area contributed by atoms with E-state index in [0.29, 0.717) is 10.1 Å². The van der Waals surface area contributed by atoms with Crippen molar-refractivity contribution in [3.8, 4) is 0 Å². The molecule has 9 heteroatoms. The average Bonchev–Trinajstić information content (AvgIpc) is 3.51. The fraction of sp³-hybridized carbons (Fsp3) is 0.207. The molecule has 3 heterocycles. The van der Waals surface area contributed by atoms with Crippen LogP contribution in [0.4, 0.5) is 11.4 Å². The molecule has 0 unspecified atom stereocenters. The van der Waals surface area contributed by atoms with Crippen molar-refractivity contribution in [2.75, 3.05) is 10.2 Å². The highest BCUT2D eigenvalue weighted by molar-refractivity contribution is 7.99. The molecular weight excluding hydrogens is 536 g/mol. The smallest absolute Gasteiger partial charge is 0.226 e. The van der Waals surface area contributed by atoms with Crippen LogP contribution in [0.3, 0.4) is 0 Å². The van der Waals surface area contributed by atoms with Crippen LogP contribution in [-0.2, 0) is 4.79 Å². The molecular formula is C29H27ClN4O2S2. The Morgan fingerprint density at radius 3 is 2.61 bits per heavy atom. The number of nitrogens with one attached hydrogen (secondary N) is 2. The van der Waals surface area contributed by atoms with Crippen LogP contribution < -0.4 is 15.5 Å². The maximum absolute atomic E-state index is 12.3. The molecule has 5 rings (SSSR count). The summed E-state index contributed by atoms with van der Waals surface area (Å²) in [4.78, 5) is 20.0. The standard InChI is InChI=1S/C29H27ClN4O2S2/c1-17(2)28(35)32-22-12-9-20(16-18(22)3)34-27(26(33-29(34)37)23-6-4-5-15-31-23)24-13-14-25(36-24)38-21-10-7-19(30)8-11-21/h4-17,26-27H,1-3H3,(H,32,35)(H,33,37)/t26-,27+/m1/s1. The number of hydrogen-bond acceptors (Lipinski definition) is 5. The molecule has 2 atom stereocenters. The van der Waals surface area contributed by atoms with Crippen LogP contribution in [0.15, 0.2) is 93.4 Å². The summed E-state index contributed by atoms with van der Waals surface area (Å²) in [7, 11) is 0. The maximum atomic E-state index is 12.3. The first kappa shape index (κ1) is 26.3. The van der Waals surface area contributed by atoms with Crippen molar-refractivity contribution >= 4 is 58.0 Å². The molecule has 38 heavy (non-hydrogen) atoms. The lowest BCUT2D eigenvalue weighted by Crippen LogP contribution is -2.29. The van der Waals surface area contributed by atoms with Crippen LogP contribution >= 0.6 is 35.6 Å². The monoisotopic (exact) mass is 562 g/mol. The predicted octanol–water partition coefficient (Wildman–Crippen LogP) is 7.56. The van der Waals surface area contributed by atoms with E-state index in [1.165, 1.54) is 11.8 Å². The fourth-order valence-electron chi connectivity index (χ4n) is 4.30. The number of thiocarbonyl (C=S) groups is 1. The Kier molecular flexibility index (Phi) is 7.74. The van der Waals surface area contributed by atoms with Crippen LogP contribution in [0, 0.1) is 12.8 Å². The number of amides is 1. The van der Waals surface area contributed by atoms with Crippen molar-refractivity contribution < 1.29 is 9.21 Å². The fourth-order valence-corrected chi connectivity index (χ4v) is 5.55. The molecule has 0 saturated carbocycles. The number of aromatic nitrogens is 1. The Morgan fingerprint density at radius 1 is 1.13 bits per heavy atom. The second-order valence-electron chi connectivity index (χ2n) is 9.35. The summed E-state index contributed by atoms with van der Waals surface area (Å²) in [6.45, 7) is 5.72. The predicted molar refractivity (Wildman–Crippen MR) is 157 cm³/mol. The second kappa shape index (κ2) is 11.2. The van der Waals surface area contributed by atoms with Crippen molar-refractivity contribution in [1.29, 1.82) is 0 Å². The molecule has 1 fully saturated rings. The summed E-state index contributed by atoms with van der Waals surface area (Å²) < 4.78 is 6.39. The Labute approximate surface area is 236 Å². The van der Waals surface area contributed by atoms with E-state index in [2.05, 4.69) is 20.5 Å². The highest BCUT2D eigenvalue weighted by Gasteiger charge is 2.42. The Balaban J connectivity index is 1.49. The topological polar surface area (TPSA) is 70.4 Å². The summed E-state index contributed by atoms with van der Waals surface area (Å²) >= 11 is 13.4. The number of nitrogens with zero attached hydrogens (tertiary/aromatic N) is 2. The van der Waals surface area contributed by atoms with E-state index < -0.39 is 0 Å². The number of carbonyl (C=O) groups excluding carboxylic acids is 1. The van der Waals surface area contributed by atoms with Crippen LogP contribution in [0.2, 0.25) is 5.02 Å². The molecule has 6 nitrogen and oxygen atoms in total. The lowest BCUT2D eigenvalue weighted by Gasteiger charge is -2.27. The number of aryl methyl sites for hydroxylation is 1. The van der Waals surface area contributed by atoms with Gasteiger partial charge in [0.25, 0.3) is 0 Å². The Hall–Kier alpha value is -3.33. The molecule has 0 spiro atoms. The minimum atomic E-state index is -0.271. The van der Waals surface area contributed by atoms with Gasteiger partial charge in [-0.05, 0) is 91.4 Å². The van der Waals surface area contributed by atoms with Crippen molar-refractivity contribution in [3.05, 3.63) is 101 Å². The molecule has 1 aliphatic rings. The van der Waals surface area contributed by atoms with Gasteiger partial charge < -0.3 is 20.0 Å². The summed E-state index contributed by atoms with van der Waals surface area (Å²) in [5.41, 5.74) is 3.48. The van der Waals surface area contributed by atoms with Gasteiger partial charge in [0.1, 0.15) is 11.8 Å². The van der Waals surface area contributed by atoms with E-state index in [-0.39, 0.29) is 23.9 Å². The van der Waals surface area contributed by atoms with Gasteiger partial charge in [0.05, 0.1) is 11.7 Å². The van der Waals surface area contributed by atoms with Crippen LogP contribution in [0.1, 0.15) is 42.9 Å². The number of hydrogen-bond donors (Lipinski definition) is 2. The van der Waals surface area contributed by atoms with Crippen LogP contribution in [0.25, 0.3) is 0 Å². The number of furan rings is 1. The normalized spacial score (nSPS) is 17.1. The summed E-state index contributed by atoms with van der Waals surface area (Å²) in [5.74, 6) is 0.639. The first-order chi connectivity index (χ1) is 18.3. The van der Waals surface area contributed by atoms with Crippen molar-refractivity contribution in [2.24, 2.45) is 5.92 Å². The molecule has 4 aromatic rings. The molecule has 194 valence electrons. The van der Waals surface area contributed by atoms with Gasteiger partial charge in [-0.2, -0.15) is 0 Å². The van der Waals surface area contributed by atoms with E-state index in [0.717, 1.165) is 38.4 Å². The summed E-state index contributed by atoms with van der Waals surface area (Å²) in [6.07, 6.45) is 1.78. The van der Waals surface area contributed by atoms with E-state index in [1.807, 2.05) is 93.6 Å². The lowest BCUT2D eigenvalue weighted by atomic mass is 10.0. The minimum Gasteiger partial charge on any atom is -0.452 e. The molecule has 2 N–H and O–H groups in total. The van der Waals surface area contributed by atoms with E-state index in [4.69, 9.17) is 28.2 Å². The van der Waals surface area contributed by atoms with Gasteiger partial charge in [0.2, 0.25) is 5.91 Å². The van der Waals surface area contributed by atoms with Crippen molar-refractivity contribution in [2.45, 2.75) is 42.8 Å². The lowest BCUT2D eigenvalue weighted by molar-refractivity contribution is -0.118. The zero-order valence-corrected chi connectivity index (χ0v) is 23.5. The first-order valence-electron chi connectivity index (χ1n) is 12.3. The molecule has 1 saturated heterocycles. The van der Waals surface area contributed by atoms with Gasteiger partial charge in [-0.1, -0.05) is 43.3 Å². The van der Waals surface area contributed by atoms with Crippen molar-refractivity contribution in [3.63, 3.8) is 0 Å². The number of halogens is 1. The van der Waals surface area contributed by atoms with Gasteiger partial charge in [0.15, 0.2) is 10.2 Å². The van der Waals surface area contributed by atoms with Crippen LogP contribution in [0.5, 0.6) is 0 Å². The zero-order valence-electron chi connectivity index (χ0n) is 21.1. The molecule has 0 aliphatic carbocycles. The molecule has 1 aliphatic heterocycles. The van der Waals surface area contributed by atoms with Gasteiger partial charge in [-0.15, -0.1) is 0 Å². The van der Waals surface area contributed by atoms with Gasteiger partial charge in [-0.25, -0.2) is 0 Å². The van der Waals surface area contributed by atoms with Crippen molar-refractivity contribution in [1.82, 2.24) is 10.3 Å². The van der Waals surface area contributed by atoms with E-state index >= 15 is 0 Å². The summed E-state index contributed by atoms with van der Waals surface area (Å²) in [6, 6.07) is 22.9. The molecule has 0 bridgehead atoms. The number of benzene rings is 2. The summed E-state index contributed by atoms with van der Waals surface area (Å²) in [5, 5.41) is 8.49. The second-order valence-corrected chi connectivity index (χ2v) is 11.3. The quantitative estimate of drug-likeness (QED) is 0.225. The highest BCUT2D eigenvalue weighted by atomic mass is 35.5. The molecule has 2 aromatic heterocycles. The third-order valence-corrected chi connectivity index (χ3v) is 7.79. The Morgan fingerprint density at radius 2 is 1.92 bits per heavy atom. The third kappa shape index (κ3) is 5.57. The number of carbonyl (C=O) groups is 1. The van der Waals surface area contributed by atoms with Gasteiger partial charge >= 0.3 is 0 Å². The zero-order chi connectivity index (χ0) is 26.8. The first-order valence-corrected chi connectivity index (χ1v) is 13.9. The Bertz CT molecular complexity index is 1460. The SMILES string of the molecule is Cc1cc(N2C(=S)N[C@H](c3ccccn3)[C@@H]2c2ccc(Sc3ccc(Cl)cc3)o2)ccc1NC(=O)C(C)C. The average molecular weight is 563 g/mol. The van der Waals surface area contributed by atoms with Gasteiger partial charge in [-0.3, -0.25) is 9.78 Å². The maximum Gasteiger partial charge on any atom is 0.226 e. The number of rotatable bonds is 7. The molecule has 2 aromatic carbocycles. The highest BCUT2D eigenvalue weighted by Crippen LogP contribution is 2.44. The minimum absolute atomic E-state index is 0.0198. The third-order valence-electron chi connectivity index (χ3n) is 6.29. The van der Waals surface area contributed by atoms with Crippen LogP contribution in [-0.4, -0.2) is 16.0 Å². The van der Waals surface area contributed by atoms with E-state index in [9.17, 15) is 4.79 Å².